The van der Waals surface area contributed by atoms with E-state index in [-0.39, 0.29) is 25.4 Å². The molecular weight excluding hydrogens is 263 g/mol. The van der Waals surface area contributed by atoms with Crippen LogP contribution < -0.4 is 0 Å². The third kappa shape index (κ3) is 3.82. The molecule has 0 bridgehead atoms. The summed E-state index contributed by atoms with van der Waals surface area (Å²) in [5.74, 6) is -1.01. The second kappa shape index (κ2) is 5.28. The van der Waals surface area contributed by atoms with Crippen molar-refractivity contribution in [2.24, 2.45) is 5.41 Å². The zero-order valence-electron chi connectivity index (χ0n) is 10.6. The molecule has 1 heterocycles. The van der Waals surface area contributed by atoms with E-state index in [2.05, 4.69) is 0 Å². The predicted molar refractivity (Wildman–Crippen MR) is 60.8 cm³/mol. The Morgan fingerprint density at radius 3 is 2.32 bits per heavy atom. The van der Waals surface area contributed by atoms with Gasteiger partial charge in [-0.3, -0.25) is 9.69 Å². The van der Waals surface area contributed by atoms with Gasteiger partial charge in [-0.2, -0.15) is 13.2 Å². The highest BCUT2D eigenvalue weighted by Gasteiger charge is 2.46. The molecule has 7 heteroatoms. The first-order chi connectivity index (χ1) is 8.82. The Kier molecular flexibility index (Phi) is 4.06. The number of halogens is 3. The van der Waals surface area contributed by atoms with Crippen LogP contribution in [0.5, 0.6) is 0 Å². The van der Waals surface area contributed by atoms with Gasteiger partial charge in [0.2, 0.25) is 0 Å². The average molecular weight is 281 g/mol. The quantitative estimate of drug-likeness (QED) is 0.836. The van der Waals surface area contributed by atoms with Crippen LogP contribution in [0, 0.1) is 5.41 Å². The van der Waals surface area contributed by atoms with E-state index in [4.69, 9.17) is 4.74 Å². The lowest BCUT2D eigenvalue weighted by atomic mass is 9.79. The summed E-state index contributed by atoms with van der Waals surface area (Å²) < 4.78 is 42.8. The van der Waals surface area contributed by atoms with E-state index >= 15 is 0 Å². The number of rotatable bonds is 5. The Hall–Kier alpha value is -0.820. The molecule has 1 N–H and O–H groups in total. The Labute approximate surface area is 109 Å². The molecule has 0 aromatic carbocycles. The smallest absolute Gasteiger partial charge is 0.401 e. The number of carboxylic acids is 1. The summed E-state index contributed by atoms with van der Waals surface area (Å²) in [6.45, 7) is -0.447. The van der Waals surface area contributed by atoms with Crippen LogP contribution in [0.25, 0.3) is 0 Å². The maximum absolute atomic E-state index is 12.6. The molecule has 1 aliphatic heterocycles. The molecule has 0 aromatic heterocycles. The lowest BCUT2D eigenvalue weighted by Crippen LogP contribution is -2.49. The first kappa shape index (κ1) is 14.6. The number of carbonyl (C=O) groups is 1. The van der Waals surface area contributed by atoms with Gasteiger partial charge in [0.25, 0.3) is 0 Å². The Balaban J connectivity index is 2.07. The molecule has 0 unspecified atom stereocenters. The Bertz CT molecular complexity index is 336. The number of nitrogens with zero attached hydrogens (tertiary/aromatic N) is 1. The van der Waals surface area contributed by atoms with Crippen LogP contribution in [0.4, 0.5) is 13.2 Å². The van der Waals surface area contributed by atoms with Gasteiger partial charge in [-0.05, 0) is 25.7 Å². The monoisotopic (exact) mass is 281 g/mol. The molecule has 2 rings (SSSR count). The number of alkyl halides is 3. The second-order valence-corrected chi connectivity index (χ2v) is 5.45. The normalized spacial score (nSPS) is 23.6. The van der Waals surface area contributed by atoms with Crippen molar-refractivity contribution in [1.29, 1.82) is 0 Å². The minimum Gasteiger partial charge on any atom is -0.481 e. The summed E-state index contributed by atoms with van der Waals surface area (Å²) >= 11 is 0. The number of hydrogen-bond donors (Lipinski definition) is 1. The summed E-state index contributed by atoms with van der Waals surface area (Å²) in [7, 11) is 0. The Morgan fingerprint density at radius 2 is 1.89 bits per heavy atom. The van der Waals surface area contributed by atoms with Gasteiger partial charge >= 0.3 is 12.1 Å². The summed E-state index contributed by atoms with van der Waals surface area (Å²) in [4.78, 5) is 12.7. The number of hydrogen-bond acceptors (Lipinski definition) is 3. The highest BCUT2D eigenvalue weighted by Crippen LogP contribution is 2.37. The molecule has 110 valence electrons. The van der Waals surface area contributed by atoms with Crippen LogP contribution in [0.15, 0.2) is 0 Å². The molecule has 1 aliphatic carbocycles. The Morgan fingerprint density at radius 1 is 1.32 bits per heavy atom. The molecule has 2 aliphatic rings. The van der Waals surface area contributed by atoms with Crippen molar-refractivity contribution >= 4 is 5.97 Å². The first-order valence-corrected chi connectivity index (χ1v) is 6.44. The van der Waals surface area contributed by atoms with Crippen LogP contribution in [0.1, 0.15) is 25.7 Å². The largest absolute Gasteiger partial charge is 0.481 e. The van der Waals surface area contributed by atoms with Gasteiger partial charge < -0.3 is 9.84 Å². The molecule has 1 saturated heterocycles. The van der Waals surface area contributed by atoms with Crippen molar-refractivity contribution in [1.82, 2.24) is 4.90 Å². The van der Waals surface area contributed by atoms with E-state index in [9.17, 15) is 23.1 Å². The topological polar surface area (TPSA) is 49.8 Å². The van der Waals surface area contributed by atoms with Crippen molar-refractivity contribution in [3.63, 3.8) is 0 Å². The molecule has 0 atom stereocenters. The van der Waals surface area contributed by atoms with Gasteiger partial charge in [0.1, 0.15) is 0 Å². The third-order valence-electron chi connectivity index (χ3n) is 3.85. The summed E-state index contributed by atoms with van der Waals surface area (Å²) in [5.41, 5.74) is -1.09. The number of ether oxygens (including phenoxy) is 1. The SMILES string of the molecule is O=C(O)C1(CN(CC(F)(F)F)C2CC2)CCOCC1. The summed E-state index contributed by atoms with van der Waals surface area (Å²) in [5, 5.41) is 9.37. The number of carboxylic acid groups (broad SMARTS) is 1. The highest BCUT2D eigenvalue weighted by molar-refractivity contribution is 5.75. The van der Waals surface area contributed by atoms with Gasteiger partial charge in [-0.1, -0.05) is 0 Å². The maximum atomic E-state index is 12.6. The number of aliphatic carboxylic acids is 1. The van der Waals surface area contributed by atoms with Gasteiger partial charge in [-0.15, -0.1) is 0 Å². The fourth-order valence-electron chi connectivity index (χ4n) is 2.57. The fourth-order valence-corrected chi connectivity index (χ4v) is 2.57. The predicted octanol–water partition coefficient (Wildman–Crippen LogP) is 1.89. The summed E-state index contributed by atoms with van der Waals surface area (Å²) in [6.07, 6.45) is -2.27. The van der Waals surface area contributed by atoms with Crippen molar-refractivity contribution in [2.45, 2.75) is 37.9 Å². The van der Waals surface area contributed by atoms with Crippen molar-refractivity contribution in [3.8, 4) is 0 Å². The van der Waals surface area contributed by atoms with E-state index < -0.39 is 24.1 Å². The second-order valence-electron chi connectivity index (χ2n) is 5.45. The zero-order valence-corrected chi connectivity index (χ0v) is 10.6. The van der Waals surface area contributed by atoms with Gasteiger partial charge in [0.05, 0.1) is 12.0 Å². The molecular formula is C12H18F3NO3. The molecule has 1 saturated carbocycles. The molecule has 0 radical (unpaired) electrons. The standard InChI is InChI=1S/C12H18F3NO3/c13-12(14,15)8-16(9-1-2-9)7-11(10(17)18)3-5-19-6-4-11/h9H,1-8H2,(H,17,18). The fraction of sp³-hybridized carbons (Fsp3) is 0.917. The van der Waals surface area contributed by atoms with E-state index in [1.54, 1.807) is 0 Å². The van der Waals surface area contributed by atoms with Gasteiger partial charge in [-0.25, -0.2) is 0 Å². The molecule has 4 nitrogen and oxygen atoms in total. The van der Waals surface area contributed by atoms with Crippen molar-refractivity contribution < 1.29 is 27.8 Å². The highest BCUT2D eigenvalue weighted by atomic mass is 19.4. The molecule has 19 heavy (non-hydrogen) atoms. The minimum atomic E-state index is -4.28. The third-order valence-corrected chi connectivity index (χ3v) is 3.85. The zero-order chi connectivity index (χ0) is 14.1. The van der Waals surface area contributed by atoms with Crippen LogP contribution in [-0.4, -0.2) is 54.5 Å². The van der Waals surface area contributed by atoms with E-state index in [1.165, 1.54) is 4.90 Å². The van der Waals surface area contributed by atoms with Gasteiger partial charge in [0, 0.05) is 25.8 Å². The average Bonchev–Trinajstić information content (AvgIpc) is 3.11. The summed E-state index contributed by atoms with van der Waals surface area (Å²) in [6, 6.07) is -0.110. The minimum absolute atomic E-state index is 0.0319. The van der Waals surface area contributed by atoms with Crippen LogP contribution in [0.2, 0.25) is 0 Å². The van der Waals surface area contributed by atoms with E-state index in [0.29, 0.717) is 13.2 Å². The lowest BCUT2D eigenvalue weighted by Gasteiger charge is -2.38. The van der Waals surface area contributed by atoms with Crippen LogP contribution >= 0.6 is 0 Å². The van der Waals surface area contributed by atoms with E-state index in [1.807, 2.05) is 0 Å². The maximum Gasteiger partial charge on any atom is 0.401 e. The molecule has 0 spiro atoms. The van der Waals surface area contributed by atoms with Crippen LogP contribution in [0.3, 0.4) is 0 Å². The molecule has 0 amide bonds. The van der Waals surface area contributed by atoms with Crippen LogP contribution in [-0.2, 0) is 9.53 Å². The van der Waals surface area contributed by atoms with Gasteiger partial charge in [0.15, 0.2) is 0 Å². The first-order valence-electron chi connectivity index (χ1n) is 6.44. The molecule has 2 fully saturated rings. The van der Waals surface area contributed by atoms with E-state index in [0.717, 1.165) is 12.8 Å². The lowest BCUT2D eigenvalue weighted by molar-refractivity contribution is -0.167. The van der Waals surface area contributed by atoms with Crippen molar-refractivity contribution in [3.05, 3.63) is 0 Å². The van der Waals surface area contributed by atoms with Crippen molar-refractivity contribution in [2.75, 3.05) is 26.3 Å². The molecule has 0 aromatic rings.